The Morgan fingerprint density at radius 2 is 1.51 bits per heavy atom. The van der Waals surface area contributed by atoms with Crippen molar-refractivity contribution in [3.05, 3.63) is 102 Å². The van der Waals surface area contributed by atoms with Crippen LogP contribution in [0.2, 0.25) is 0 Å². The van der Waals surface area contributed by atoms with Gasteiger partial charge in [-0.25, -0.2) is 8.42 Å². The van der Waals surface area contributed by atoms with E-state index in [9.17, 15) is 13.2 Å². The van der Waals surface area contributed by atoms with Crippen molar-refractivity contribution >= 4 is 15.7 Å². The molecule has 35 heavy (non-hydrogen) atoms. The second-order valence-corrected chi connectivity index (χ2v) is 11.3. The molecule has 0 bridgehead atoms. The number of nitrogens with zero attached hydrogens (tertiary/aromatic N) is 2. The predicted molar refractivity (Wildman–Crippen MR) is 138 cm³/mol. The van der Waals surface area contributed by atoms with Gasteiger partial charge in [0.1, 0.15) is 5.75 Å². The number of amides is 1. The van der Waals surface area contributed by atoms with E-state index in [2.05, 4.69) is 0 Å². The molecule has 1 fully saturated rings. The van der Waals surface area contributed by atoms with Crippen LogP contribution in [-0.2, 0) is 21.2 Å². The van der Waals surface area contributed by atoms with Crippen LogP contribution in [0.15, 0.2) is 84.9 Å². The molecule has 3 aromatic rings. The third-order valence-corrected chi connectivity index (χ3v) is 8.37. The van der Waals surface area contributed by atoms with Crippen molar-refractivity contribution in [1.82, 2.24) is 9.80 Å². The van der Waals surface area contributed by atoms with Crippen LogP contribution in [0.25, 0.3) is 0 Å². The Hall–Kier alpha value is -3.16. The molecule has 1 heterocycles. The minimum Gasteiger partial charge on any atom is -0.497 e. The number of ether oxygens (including phenoxy) is 1. The molecule has 4 rings (SSSR count). The normalized spacial score (nSPS) is 17.0. The van der Waals surface area contributed by atoms with Crippen molar-refractivity contribution in [3.63, 3.8) is 0 Å². The number of carbonyl (C=O) groups is 1. The summed E-state index contributed by atoms with van der Waals surface area (Å²) in [6, 6.07) is 27.2. The number of hydrogen-bond donors (Lipinski definition) is 0. The van der Waals surface area contributed by atoms with Crippen molar-refractivity contribution in [2.24, 2.45) is 0 Å². The lowest BCUT2D eigenvalue weighted by Gasteiger charge is -2.33. The van der Waals surface area contributed by atoms with Gasteiger partial charge in [-0.3, -0.25) is 9.69 Å². The van der Waals surface area contributed by atoms with E-state index in [1.807, 2.05) is 96.9 Å². The zero-order valence-corrected chi connectivity index (χ0v) is 21.0. The SMILES string of the molecule is COc1ccc(CN(CC(=O)N(C)C(c2ccccc2)c2ccccc2)C2CCS(=O)(=O)C2)cc1. The van der Waals surface area contributed by atoms with Gasteiger partial charge in [0.15, 0.2) is 9.84 Å². The summed E-state index contributed by atoms with van der Waals surface area (Å²) in [4.78, 5) is 17.5. The molecule has 0 aliphatic carbocycles. The molecule has 1 amide bonds. The van der Waals surface area contributed by atoms with Gasteiger partial charge in [0.2, 0.25) is 5.91 Å². The average molecular weight is 493 g/mol. The smallest absolute Gasteiger partial charge is 0.237 e. The summed E-state index contributed by atoms with van der Waals surface area (Å²) in [6.07, 6.45) is 0.538. The highest BCUT2D eigenvalue weighted by molar-refractivity contribution is 7.91. The van der Waals surface area contributed by atoms with Crippen LogP contribution in [0.1, 0.15) is 29.2 Å². The molecular formula is C28H32N2O4S. The third-order valence-electron chi connectivity index (χ3n) is 6.62. The van der Waals surface area contributed by atoms with Crippen LogP contribution in [0, 0.1) is 0 Å². The molecule has 184 valence electrons. The number of benzene rings is 3. The van der Waals surface area contributed by atoms with Crippen molar-refractivity contribution in [2.75, 3.05) is 32.2 Å². The Balaban J connectivity index is 1.58. The second kappa shape index (κ2) is 11.1. The summed E-state index contributed by atoms with van der Waals surface area (Å²) in [7, 11) is 0.355. The predicted octanol–water partition coefficient (Wildman–Crippen LogP) is 3.93. The lowest BCUT2D eigenvalue weighted by molar-refractivity contribution is -0.133. The molecule has 0 N–H and O–H groups in total. The Bertz CT molecular complexity index is 1180. The van der Waals surface area contributed by atoms with E-state index in [1.165, 1.54) is 0 Å². The van der Waals surface area contributed by atoms with E-state index in [1.54, 1.807) is 12.0 Å². The maximum atomic E-state index is 13.7. The van der Waals surface area contributed by atoms with Crippen LogP contribution in [0.3, 0.4) is 0 Å². The molecule has 7 heteroatoms. The number of methoxy groups -OCH3 is 1. The number of carbonyl (C=O) groups excluding carboxylic acids is 1. The molecule has 0 spiro atoms. The average Bonchev–Trinajstić information content (AvgIpc) is 3.25. The van der Waals surface area contributed by atoms with E-state index in [4.69, 9.17) is 4.74 Å². The van der Waals surface area contributed by atoms with Gasteiger partial charge in [-0.15, -0.1) is 0 Å². The fourth-order valence-corrected chi connectivity index (χ4v) is 6.44. The monoisotopic (exact) mass is 492 g/mol. The second-order valence-electron chi connectivity index (χ2n) is 9.04. The first-order valence-corrected chi connectivity index (χ1v) is 13.6. The molecule has 0 saturated carbocycles. The van der Waals surface area contributed by atoms with Crippen molar-refractivity contribution in [2.45, 2.75) is 25.0 Å². The summed E-state index contributed by atoms with van der Waals surface area (Å²) < 4.78 is 29.7. The Labute approximate surface area is 208 Å². The summed E-state index contributed by atoms with van der Waals surface area (Å²) in [5, 5.41) is 0. The lowest BCUT2D eigenvalue weighted by Crippen LogP contribution is -2.44. The zero-order chi connectivity index (χ0) is 24.8. The van der Waals surface area contributed by atoms with Gasteiger partial charge in [0.05, 0.1) is 31.2 Å². The molecule has 1 aliphatic heterocycles. The van der Waals surface area contributed by atoms with E-state index >= 15 is 0 Å². The Kier molecular flexibility index (Phi) is 7.88. The molecular weight excluding hydrogens is 460 g/mol. The molecule has 0 radical (unpaired) electrons. The molecule has 1 saturated heterocycles. The molecule has 1 atom stereocenters. The quantitative estimate of drug-likeness (QED) is 0.453. The van der Waals surface area contributed by atoms with Gasteiger partial charge in [-0.05, 0) is 35.2 Å². The van der Waals surface area contributed by atoms with Crippen molar-refractivity contribution in [1.29, 1.82) is 0 Å². The highest BCUT2D eigenvalue weighted by Crippen LogP contribution is 2.28. The highest BCUT2D eigenvalue weighted by Gasteiger charge is 2.34. The van der Waals surface area contributed by atoms with Crippen LogP contribution < -0.4 is 4.74 Å². The minimum atomic E-state index is -3.09. The molecule has 3 aromatic carbocycles. The fourth-order valence-electron chi connectivity index (χ4n) is 4.68. The molecule has 6 nitrogen and oxygen atoms in total. The number of likely N-dealkylation sites (N-methyl/N-ethyl adjacent to an activating group) is 1. The summed E-state index contributed by atoms with van der Waals surface area (Å²) in [5.74, 6) is 0.951. The van der Waals surface area contributed by atoms with E-state index < -0.39 is 9.84 Å². The van der Waals surface area contributed by atoms with Crippen molar-refractivity contribution in [3.8, 4) is 5.75 Å². The van der Waals surface area contributed by atoms with Crippen LogP contribution in [-0.4, -0.2) is 62.4 Å². The molecule has 0 aromatic heterocycles. The lowest BCUT2D eigenvalue weighted by atomic mass is 9.97. The number of rotatable bonds is 9. The number of sulfone groups is 1. The van der Waals surface area contributed by atoms with Gasteiger partial charge in [0, 0.05) is 19.6 Å². The largest absolute Gasteiger partial charge is 0.497 e. The van der Waals surface area contributed by atoms with E-state index in [-0.39, 0.29) is 36.0 Å². The Morgan fingerprint density at radius 1 is 0.943 bits per heavy atom. The van der Waals surface area contributed by atoms with Gasteiger partial charge >= 0.3 is 0 Å². The topological polar surface area (TPSA) is 66.9 Å². The number of hydrogen-bond acceptors (Lipinski definition) is 5. The van der Waals surface area contributed by atoms with Crippen LogP contribution in [0.5, 0.6) is 5.75 Å². The highest BCUT2D eigenvalue weighted by atomic mass is 32.2. The van der Waals surface area contributed by atoms with Gasteiger partial charge in [-0.1, -0.05) is 72.8 Å². The van der Waals surface area contributed by atoms with Crippen molar-refractivity contribution < 1.29 is 17.9 Å². The van der Waals surface area contributed by atoms with Crippen LogP contribution in [0.4, 0.5) is 0 Å². The molecule has 1 aliphatic rings. The first-order valence-electron chi connectivity index (χ1n) is 11.8. The van der Waals surface area contributed by atoms with E-state index in [0.29, 0.717) is 13.0 Å². The molecule has 1 unspecified atom stereocenters. The first kappa shape index (κ1) is 24.9. The maximum Gasteiger partial charge on any atom is 0.237 e. The maximum absolute atomic E-state index is 13.7. The summed E-state index contributed by atoms with van der Waals surface area (Å²) in [5.41, 5.74) is 3.06. The van der Waals surface area contributed by atoms with Gasteiger partial charge < -0.3 is 9.64 Å². The zero-order valence-electron chi connectivity index (χ0n) is 20.2. The Morgan fingerprint density at radius 3 is 2.00 bits per heavy atom. The minimum absolute atomic E-state index is 0.0551. The van der Waals surface area contributed by atoms with Gasteiger partial charge in [-0.2, -0.15) is 0 Å². The fraction of sp³-hybridized carbons (Fsp3) is 0.321. The first-order chi connectivity index (χ1) is 16.9. The summed E-state index contributed by atoms with van der Waals surface area (Å²) >= 11 is 0. The summed E-state index contributed by atoms with van der Waals surface area (Å²) in [6.45, 7) is 0.629. The van der Waals surface area contributed by atoms with Crippen LogP contribution >= 0.6 is 0 Å². The van der Waals surface area contributed by atoms with Gasteiger partial charge in [0.25, 0.3) is 0 Å². The third kappa shape index (κ3) is 6.29. The van der Waals surface area contributed by atoms with E-state index in [0.717, 1.165) is 22.4 Å². The standard InChI is InChI=1S/C28H32N2O4S/c1-29(28(23-9-5-3-6-10-23)24-11-7-4-8-12-24)27(31)20-30(25-17-18-35(32,33)21-25)19-22-13-15-26(34-2)16-14-22/h3-16,25,28H,17-21H2,1-2H3.